The van der Waals surface area contributed by atoms with Crippen LogP contribution in [-0.4, -0.2) is 32.7 Å². The Labute approximate surface area is 137 Å². The van der Waals surface area contributed by atoms with Gasteiger partial charge in [-0.1, -0.05) is 30.7 Å². The third-order valence-corrected chi connectivity index (χ3v) is 4.14. The molecule has 0 radical (unpaired) electrons. The molecular formula is C15H22Cl2N2O2. The summed E-state index contributed by atoms with van der Waals surface area (Å²) in [6.45, 7) is 4.29. The summed E-state index contributed by atoms with van der Waals surface area (Å²) in [6.07, 6.45) is -0.177. The monoisotopic (exact) mass is 332 g/mol. The summed E-state index contributed by atoms with van der Waals surface area (Å²) in [5, 5.41) is 6.82. The summed E-state index contributed by atoms with van der Waals surface area (Å²) in [4.78, 5) is 12.1. The molecule has 2 N–H and O–H groups in total. The van der Waals surface area contributed by atoms with Crippen LogP contribution in [0.1, 0.15) is 18.6 Å². The van der Waals surface area contributed by atoms with Crippen molar-refractivity contribution in [3.05, 3.63) is 34.9 Å². The van der Waals surface area contributed by atoms with Gasteiger partial charge in [-0.05, 0) is 36.7 Å². The van der Waals surface area contributed by atoms with E-state index in [1.165, 1.54) is 0 Å². The van der Waals surface area contributed by atoms with Crippen LogP contribution in [-0.2, 0) is 9.53 Å². The van der Waals surface area contributed by atoms with Crippen molar-refractivity contribution >= 4 is 29.9 Å². The van der Waals surface area contributed by atoms with Gasteiger partial charge in [0.2, 0.25) is 5.91 Å². The van der Waals surface area contributed by atoms with Gasteiger partial charge in [0.25, 0.3) is 0 Å². The van der Waals surface area contributed by atoms with Gasteiger partial charge in [0, 0.05) is 24.6 Å². The predicted molar refractivity (Wildman–Crippen MR) is 87.0 cm³/mol. The number of carbonyl (C=O) groups is 1. The van der Waals surface area contributed by atoms with Crippen LogP contribution in [0.25, 0.3) is 0 Å². The number of ether oxygens (including phenoxy) is 1. The first-order valence-electron chi connectivity index (χ1n) is 6.88. The van der Waals surface area contributed by atoms with Crippen LogP contribution in [0, 0.1) is 11.8 Å². The SMILES string of the molecule is COC(CNC(=O)C(C)C1CNC1)c1cccc(Cl)c1.Cl. The number of rotatable bonds is 6. The van der Waals surface area contributed by atoms with Crippen LogP contribution in [0.3, 0.4) is 0 Å². The fourth-order valence-corrected chi connectivity index (χ4v) is 2.48. The second-order valence-electron chi connectivity index (χ2n) is 5.23. The normalized spacial score (nSPS) is 17.3. The number of hydrogen-bond acceptors (Lipinski definition) is 3. The van der Waals surface area contributed by atoms with Crippen molar-refractivity contribution in [3.8, 4) is 0 Å². The van der Waals surface area contributed by atoms with Crippen LogP contribution < -0.4 is 10.6 Å². The van der Waals surface area contributed by atoms with Crippen LogP contribution in [0.4, 0.5) is 0 Å². The standard InChI is InChI=1S/C15H21ClN2O2.ClH/c1-10(12-7-17-8-12)15(19)18-9-14(20-2)11-4-3-5-13(16)6-11;/h3-6,10,12,14,17H,7-9H2,1-2H3,(H,18,19);1H. The molecule has 1 fully saturated rings. The van der Waals surface area contributed by atoms with E-state index in [-0.39, 0.29) is 30.3 Å². The van der Waals surface area contributed by atoms with E-state index in [9.17, 15) is 4.79 Å². The lowest BCUT2D eigenvalue weighted by molar-refractivity contribution is -0.127. The smallest absolute Gasteiger partial charge is 0.223 e. The largest absolute Gasteiger partial charge is 0.375 e. The molecule has 2 atom stereocenters. The summed E-state index contributed by atoms with van der Waals surface area (Å²) >= 11 is 5.98. The zero-order valence-corrected chi connectivity index (χ0v) is 13.8. The van der Waals surface area contributed by atoms with Gasteiger partial charge < -0.3 is 15.4 Å². The van der Waals surface area contributed by atoms with Gasteiger partial charge in [-0.15, -0.1) is 12.4 Å². The molecule has 2 unspecified atom stereocenters. The van der Waals surface area contributed by atoms with E-state index in [1.807, 2.05) is 31.2 Å². The maximum atomic E-state index is 12.1. The summed E-state index contributed by atoms with van der Waals surface area (Å²) < 4.78 is 5.44. The van der Waals surface area contributed by atoms with Crippen molar-refractivity contribution < 1.29 is 9.53 Å². The third kappa shape index (κ3) is 4.85. The van der Waals surface area contributed by atoms with Crippen molar-refractivity contribution in [2.45, 2.75) is 13.0 Å². The van der Waals surface area contributed by atoms with E-state index < -0.39 is 0 Å². The predicted octanol–water partition coefficient (Wildman–Crippen LogP) is 2.42. The third-order valence-electron chi connectivity index (χ3n) is 3.90. The molecule has 0 aromatic heterocycles. The van der Waals surface area contributed by atoms with Crippen LogP contribution in [0.2, 0.25) is 5.02 Å². The highest BCUT2D eigenvalue weighted by atomic mass is 35.5. The number of methoxy groups -OCH3 is 1. The van der Waals surface area contributed by atoms with Crippen molar-refractivity contribution in [2.24, 2.45) is 11.8 Å². The molecule has 1 saturated heterocycles. The summed E-state index contributed by atoms with van der Waals surface area (Å²) in [5.74, 6) is 0.566. The molecule has 2 rings (SSSR count). The molecule has 6 heteroatoms. The minimum absolute atomic E-state index is 0. The number of hydrogen-bond donors (Lipinski definition) is 2. The summed E-state index contributed by atoms with van der Waals surface area (Å²) in [6, 6.07) is 7.52. The Hall–Kier alpha value is -0.810. The Bertz CT molecular complexity index is 467. The Morgan fingerprint density at radius 2 is 2.24 bits per heavy atom. The van der Waals surface area contributed by atoms with Crippen LogP contribution in [0.5, 0.6) is 0 Å². The maximum absolute atomic E-state index is 12.1. The highest BCUT2D eigenvalue weighted by molar-refractivity contribution is 6.30. The lowest BCUT2D eigenvalue weighted by Gasteiger charge is -2.32. The molecule has 1 aromatic rings. The van der Waals surface area contributed by atoms with Gasteiger partial charge in [-0.2, -0.15) is 0 Å². The van der Waals surface area contributed by atoms with E-state index in [1.54, 1.807) is 7.11 Å². The molecule has 0 spiro atoms. The second-order valence-corrected chi connectivity index (χ2v) is 5.67. The molecule has 118 valence electrons. The summed E-state index contributed by atoms with van der Waals surface area (Å²) in [5.41, 5.74) is 0.971. The lowest BCUT2D eigenvalue weighted by atomic mass is 9.88. The van der Waals surface area contributed by atoms with Gasteiger partial charge in [0.1, 0.15) is 0 Å². The van der Waals surface area contributed by atoms with E-state index in [0.29, 0.717) is 17.5 Å². The van der Waals surface area contributed by atoms with Crippen LogP contribution >= 0.6 is 24.0 Å². The van der Waals surface area contributed by atoms with Crippen molar-refractivity contribution in [2.75, 3.05) is 26.7 Å². The summed E-state index contributed by atoms with van der Waals surface area (Å²) in [7, 11) is 1.64. The van der Waals surface area contributed by atoms with E-state index >= 15 is 0 Å². The van der Waals surface area contributed by atoms with Crippen LogP contribution in [0.15, 0.2) is 24.3 Å². The zero-order chi connectivity index (χ0) is 14.5. The molecular weight excluding hydrogens is 311 g/mol. The Balaban J connectivity index is 0.00000220. The van der Waals surface area contributed by atoms with Crippen molar-refractivity contribution in [3.63, 3.8) is 0 Å². The van der Waals surface area contributed by atoms with Gasteiger partial charge in [-0.25, -0.2) is 0 Å². The number of amides is 1. The van der Waals surface area contributed by atoms with E-state index in [4.69, 9.17) is 16.3 Å². The number of benzene rings is 1. The maximum Gasteiger partial charge on any atom is 0.223 e. The van der Waals surface area contributed by atoms with E-state index in [2.05, 4.69) is 10.6 Å². The van der Waals surface area contributed by atoms with Gasteiger partial charge in [0.15, 0.2) is 0 Å². The molecule has 1 aliphatic heterocycles. The average Bonchev–Trinajstić information content (AvgIpc) is 2.37. The zero-order valence-electron chi connectivity index (χ0n) is 12.3. The fourth-order valence-electron chi connectivity index (χ4n) is 2.28. The fraction of sp³-hybridized carbons (Fsp3) is 0.533. The van der Waals surface area contributed by atoms with Gasteiger partial charge >= 0.3 is 0 Å². The Morgan fingerprint density at radius 3 is 2.76 bits per heavy atom. The second kappa shape index (κ2) is 8.59. The molecule has 1 heterocycles. The highest BCUT2D eigenvalue weighted by Crippen LogP contribution is 2.20. The molecule has 1 aliphatic rings. The minimum Gasteiger partial charge on any atom is -0.375 e. The molecule has 0 aliphatic carbocycles. The first-order valence-corrected chi connectivity index (χ1v) is 7.26. The van der Waals surface area contributed by atoms with Crippen molar-refractivity contribution in [1.82, 2.24) is 10.6 Å². The van der Waals surface area contributed by atoms with Gasteiger partial charge in [0.05, 0.1) is 6.10 Å². The first-order chi connectivity index (χ1) is 9.61. The number of halogens is 2. The molecule has 4 nitrogen and oxygen atoms in total. The Morgan fingerprint density at radius 1 is 1.52 bits per heavy atom. The lowest BCUT2D eigenvalue weighted by Crippen LogP contribution is -2.50. The molecule has 1 amide bonds. The topological polar surface area (TPSA) is 50.4 Å². The average molecular weight is 333 g/mol. The molecule has 0 bridgehead atoms. The molecule has 21 heavy (non-hydrogen) atoms. The molecule has 0 saturated carbocycles. The highest BCUT2D eigenvalue weighted by Gasteiger charge is 2.28. The quantitative estimate of drug-likeness (QED) is 0.841. The molecule has 1 aromatic carbocycles. The minimum atomic E-state index is -0.177. The van der Waals surface area contributed by atoms with E-state index in [0.717, 1.165) is 18.7 Å². The van der Waals surface area contributed by atoms with Crippen molar-refractivity contribution in [1.29, 1.82) is 0 Å². The Kier molecular flexibility index (Phi) is 7.46. The number of nitrogens with one attached hydrogen (secondary N) is 2. The van der Waals surface area contributed by atoms with Gasteiger partial charge in [-0.3, -0.25) is 4.79 Å². The first kappa shape index (κ1) is 18.2. The number of carbonyl (C=O) groups excluding carboxylic acids is 1.